The summed E-state index contributed by atoms with van der Waals surface area (Å²) in [6.07, 6.45) is 0. The standard InChI is InChI=1S/C21H19FN2OS2.C16H17N3O2S2/c1-25-19-10-6-17(7-11-19)23-21(26)24-18-8-12-20(13-9-18)27-14-15-2-4-16(22)5-3-15;20-15(14-2-1-11-23-14)18-16(22)17-12-3-5-13(6-4-12)19-7-9-21-10-8-19/h2-13H,14H2,1H3,(H2,23,24,26);1-6,11H,7-10H2,(H2,17,18,20,22). The molecule has 2 heterocycles. The molecule has 0 radical (unpaired) electrons. The molecule has 0 spiro atoms. The van der Waals surface area contributed by atoms with Crippen molar-refractivity contribution in [3.05, 3.63) is 131 Å². The van der Waals surface area contributed by atoms with Crippen molar-refractivity contribution < 1.29 is 18.7 Å². The van der Waals surface area contributed by atoms with Gasteiger partial charge in [0.2, 0.25) is 0 Å². The van der Waals surface area contributed by atoms with E-state index in [9.17, 15) is 9.18 Å². The molecular formula is C37H36FN5O3S4. The minimum Gasteiger partial charge on any atom is -0.497 e. The third kappa shape index (κ3) is 11.8. The molecule has 5 aromatic rings. The van der Waals surface area contributed by atoms with Crippen molar-refractivity contribution in [2.45, 2.75) is 10.6 Å². The number of thiocarbonyl (C=S) groups is 2. The van der Waals surface area contributed by atoms with Crippen molar-refractivity contribution in [1.82, 2.24) is 5.32 Å². The van der Waals surface area contributed by atoms with Gasteiger partial charge in [-0.25, -0.2) is 4.39 Å². The Morgan fingerprint density at radius 3 is 1.98 bits per heavy atom. The van der Waals surface area contributed by atoms with Crippen LogP contribution in [0.3, 0.4) is 0 Å². The van der Waals surface area contributed by atoms with Crippen molar-refractivity contribution in [1.29, 1.82) is 0 Å². The summed E-state index contributed by atoms with van der Waals surface area (Å²) in [5.74, 6) is 1.19. The molecule has 1 fully saturated rings. The average Bonchev–Trinajstić information content (AvgIpc) is 3.69. The zero-order valence-corrected chi connectivity index (χ0v) is 30.5. The van der Waals surface area contributed by atoms with Crippen LogP contribution in [0.25, 0.3) is 0 Å². The zero-order valence-electron chi connectivity index (χ0n) is 27.2. The lowest BCUT2D eigenvalue weighted by Crippen LogP contribution is -2.36. The van der Waals surface area contributed by atoms with Gasteiger partial charge in [0.15, 0.2) is 10.2 Å². The number of anilines is 4. The van der Waals surface area contributed by atoms with E-state index >= 15 is 0 Å². The molecule has 258 valence electrons. The van der Waals surface area contributed by atoms with Crippen LogP contribution in [0.5, 0.6) is 5.75 Å². The van der Waals surface area contributed by atoms with E-state index in [0.717, 1.165) is 71.0 Å². The highest BCUT2D eigenvalue weighted by molar-refractivity contribution is 7.98. The number of carbonyl (C=O) groups is 1. The largest absolute Gasteiger partial charge is 0.497 e. The van der Waals surface area contributed by atoms with Gasteiger partial charge in [0, 0.05) is 46.5 Å². The summed E-state index contributed by atoms with van der Waals surface area (Å²) >= 11 is 13.6. The van der Waals surface area contributed by atoms with Crippen LogP contribution < -0.4 is 30.9 Å². The normalized spacial score (nSPS) is 12.2. The Morgan fingerprint density at radius 2 is 1.40 bits per heavy atom. The number of nitrogens with zero attached hydrogens (tertiary/aromatic N) is 1. The highest BCUT2D eigenvalue weighted by Crippen LogP contribution is 2.25. The SMILES string of the molecule is COc1ccc(NC(=S)Nc2ccc(SCc3ccc(F)cc3)cc2)cc1.O=C(NC(=S)Nc1ccc(N2CCOCC2)cc1)c1cccs1. The molecule has 0 atom stereocenters. The number of halogens is 1. The van der Waals surface area contributed by atoms with Crippen molar-refractivity contribution in [2.75, 3.05) is 54.3 Å². The molecule has 1 aliphatic rings. The molecule has 1 aliphatic heterocycles. The smallest absolute Gasteiger partial charge is 0.267 e. The number of hydrogen-bond acceptors (Lipinski definition) is 8. The summed E-state index contributed by atoms with van der Waals surface area (Å²) in [5.41, 5.74) is 4.89. The predicted octanol–water partition coefficient (Wildman–Crippen LogP) is 8.65. The fraction of sp³-hybridized carbons (Fsp3) is 0.162. The van der Waals surface area contributed by atoms with Crippen LogP contribution >= 0.6 is 47.5 Å². The van der Waals surface area contributed by atoms with E-state index in [0.29, 0.717) is 15.1 Å². The maximum absolute atomic E-state index is 12.9. The summed E-state index contributed by atoms with van der Waals surface area (Å²) < 4.78 is 23.4. The molecular weight excluding hydrogens is 710 g/mol. The Labute approximate surface area is 310 Å². The summed E-state index contributed by atoms with van der Waals surface area (Å²) in [7, 11) is 1.64. The van der Waals surface area contributed by atoms with Gasteiger partial charge in [-0.15, -0.1) is 23.1 Å². The van der Waals surface area contributed by atoms with Crippen LogP contribution in [0.4, 0.5) is 27.1 Å². The van der Waals surface area contributed by atoms with Gasteiger partial charge in [-0.2, -0.15) is 0 Å². The van der Waals surface area contributed by atoms with Gasteiger partial charge in [-0.05, 0) is 126 Å². The number of hydrogen-bond donors (Lipinski definition) is 4. The lowest BCUT2D eigenvalue weighted by Gasteiger charge is -2.28. The first-order chi connectivity index (χ1) is 24.3. The number of benzene rings is 4. The second kappa shape index (κ2) is 19.0. The number of ether oxygens (including phenoxy) is 2. The number of amides is 1. The van der Waals surface area contributed by atoms with E-state index in [1.807, 2.05) is 96.4 Å². The first-order valence-corrected chi connectivity index (χ1v) is 18.3. The maximum Gasteiger partial charge on any atom is 0.267 e. The van der Waals surface area contributed by atoms with Crippen LogP contribution in [-0.2, 0) is 10.5 Å². The minimum atomic E-state index is -0.210. The average molecular weight is 746 g/mol. The van der Waals surface area contributed by atoms with Gasteiger partial charge in [0.1, 0.15) is 11.6 Å². The quantitative estimate of drug-likeness (QED) is 0.0869. The fourth-order valence-electron chi connectivity index (χ4n) is 4.66. The molecule has 50 heavy (non-hydrogen) atoms. The van der Waals surface area contributed by atoms with Crippen LogP contribution in [0.1, 0.15) is 15.2 Å². The molecule has 1 amide bonds. The van der Waals surface area contributed by atoms with Gasteiger partial charge in [0.25, 0.3) is 5.91 Å². The molecule has 13 heteroatoms. The van der Waals surface area contributed by atoms with Gasteiger partial charge >= 0.3 is 0 Å². The third-order valence-electron chi connectivity index (χ3n) is 7.25. The summed E-state index contributed by atoms with van der Waals surface area (Å²) in [4.78, 5) is 16.0. The van der Waals surface area contributed by atoms with Crippen molar-refractivity contribution in [2.24, 2.45) is 0 Å². The number of methoxy groups -OCH3 is 1. The highest BCUT2D eigenvalue weighted by Gasteiger charge is 2.12. The van der Waals surface area contributed by atoms with E-state index in [4.69, 9.17) is 33.9 Å². The number of morpholine rings is 1. The van der Waals surface area contributed by atoms with Gasteiger partial charge in [0.05, 0.1) is 25.2 Å². The molecule has 0 bridgehead atoms. The first-order valence-electron chi connectivity index (χ1n) is 15.6. The number of thioether (sulfide) groups is 1. The number of nitrogens with one attached hydrogen (secondary N) is 4. The predicted molar refractivity (Wildman–Crippen MR) is 213 cm³/mol. The highest BCUT2D eigenvalue weighted by atomic mass is 32.2. The number of rotatable bonds is 9. The van der Waals surface area contributed by atoms with Crippen molar-refractivity contribution in [3.8, 4) is 5.75 Å². The van der Waals surface area contributed by atoms with Gasteiger partial charge in [-0.1, -0.05) is 18.2 Å². The molecule has 4 N–H and O–H groups in total. The van der Waals surface area contributed by atoms with E-state index in [1.54, 1.807) is 24.9 Å². The Hall–Kier alpha value is -4.53. The molecule has 1 saturated heterocycles. The molecule has 0 saturated carbocycles. The number of thiophene rings is 1. The summed E-state index contributed by atoms with van der Waals surface area (Å²) in [6, 6.07) is 33.8. The molecule has 4 aromatic carbocycles. The Kier molecular flexibility index (Phi) is 14.0. The van der Waals surface area contributed by atoms with Crippen LogP contribution in [-0.4, -0.2) is 49.5 Å². The van der Waals surface area contributed by atoms with E-state index in [1.165, 1.54) is 23.5 Å². The van der Waals surface area contributed by atoms with Crippen LogP contribution in [0.2, 0.25) is 0 Å². The van der Waals surface area contributed by atoms with E-state index in [2.05, 4.69) is 26.2 Å². The summed E-state index contributed by atoms with van der Waals surface area (Å²) in [5, 5.41) is 14.7. The van der Waals surface area contributed by atoms with Crippen molar-refractivity contribution >= 4 is 86.4 Å². The van der Waals surface area contributed by atoms with Gasteiger partial charge < -0.3 is 30.3 Å². The lowest BCUT2D eigenvalue weighted by atomic mass is 10.2. The Bertz CT molecular complexity index is 1820. The fourth-order valence-corrected chi connectivity index (χ4v) is 6.58. The monoisotopic (exact) mass is 745 g/mol. The topological polar surface area (TPSA) is 86.9 Å². The van der Waals surface area contributed by atoms with Crippen LogP contribution in [0.15, 0.2) is 119 Å². The lowest BCUT2D eigenvalue weighted by molar-refractivity contribution is 0.0981. The first kappa shape index (κ1) is 36.7. The molecule has 6 rings (SSSR count). The van der Waals surface area contributed by atoms with Crippen LogP contribution in [0, 0.1) is 5.82 Å². The molecule has 0 aliphatic carbocycles. The molecule has 8 nitrogen and oxygen atoms in total. The molecule has 0 unspecified atom stereocenters. The van der Waals surface area contributed by atoms with Crippen molar-refractivity contribution in [3.63, 3.8) is 0 Å². The Balaban J connectivity index is 0.000000197. The van der Waals surface area contributed by atoms with E-state index < -0.39 is 0 Å². The zero-order chi connectivity index (χ0) is 35.1. The number of carbonyl (C=O) groups excluding carboxylic acids is 1. The third-order valence-corrected chi connectivity index (χ3v) is 9.61. The summed E-state index contributed by atoms with van der Waals surface area (Å²) in [6.45, 7) is 3.34. The maximum atomic E-state index is 12.9. The van der Waals surface area contributed by atoms with E-state index in [-0.39, 0.29) is 11.7 Å². The second-order valence-corrected chi connectivity index (χ2v) is 13.6. The molecule has 1 aromatic heterocycles. The van der Waals surface area contributed by atoms with Gasteiger partial charge in [-0.3, -0.25) is 10.1 Å². The minimum absolute atomic E-state index is 0.192. The second-order valence-electron chi connectivity index (χ2n) is 10.8. The Morgan fingerprint density at radius 1 is 0.820 bits per heavy atom.